The lowest BCUT2D eigenvalue weighted by atomic mass is 10.2. The van der Waals surface area contributed by atoms with E-state index >= 15 is 0 Å². The Balaban J connectivity index is 0.000000136. The zero-order valence-corrected chi connectivity index (χ0v) is 10.4. The van der Waals surface area contributed by atoms with Crippen LogP contribution in [-0.4, -0.2) is 11.7 Å². The van der Waals surface area contributed by atoms with Crippen LogP contribution in [0.1, 0.15) is 12.5 Å². The summed E-state index contributed by atoms with van der Waals surface area (Å²) < 4.78 is 4.96. The summed E-state index contributed by atoms with van der Waals surface area (Å²) in [7, 11) is 0. The van der Waals surface area contributed by atoms with E-state index in [4.69, 9.17) is 9.52 Å². The molecule has 3 heteroatoms. The van der Waals surface area contributed by atoms with Gasteiger partial charge in [0.1, 0.15) is 5.58 Å². The molecule has 0 spiro atoms. The van der Waals surface area contributed by atoms with Gasteiger partial charge in [-0.1, -0.05) is 37.3 Å². The van der Waals surface area contributed by atoms with Crippen LogP contribution in [0.15, 0.2) is 52.9 Å². The van der Waals surface area contributed by atoms with Crippen molar-refractivity contribution < 1.29 is 9.52 Å². The third-order valence-electron chi connectivity index (χ3n) is 2.58. The summed E-state index contributed by atoms with van der Waals surface area (Å²) in [5.74, 6) is 0.238. The van der Waals surface area contributed by atoms with Crippen molar-refractivity contribution in [1.82, 2.24) is 5.32 Å². The largest absolute Gasteiger partial charge is 0.504 e. The Hall–Kier alpha value is -2.00. The number of furan rings is 2. The van der Waals surface area contributed by atoms with Crippen LogP contribution in [-0.2, 0) is 6.54 Å². The molecule has 0 saturated carbocycles. The second-order valence-electron chi connectivity index (χ2n) is 4.00. The molecule has 0 fully saturated rings. The van der Waals surface area contributed by atoms with Crippen molar-refractivity contribution in [3.05, 3.63) is 54.1 Å². The highest BCUT2D eigenvalue weighted by Crippen LogP contribution is 2.26. The number of rotatable bonds is 3. The lowest BCUT2D eigenvalue weighted by molar-refractivity contribution is 0.476. The zero-order valence-electron chi connectivity index (χ0n) is 10.4. The predicted molar refractivity (Wildman–Crippen MR) is 72.9 cm³/mol. The molecule has 94 valence electrons. The van der Waals surface area contributed by atoms with E-state index in [0.29, 0.717) is 5.58 Å². The number of nitrogens with one attached hydrogen (secondary N) is 1. The summed E-state index contributed by atoms with van der Waals surface area (Å²) in [5, 5.41) is 12.1. The lowest BCUT2D eigenvalue weighted by Gasteiger charge is -1.99. The molecule has 3 aromatic rings. The molecule has 3 nitrogen and oxygen atoms in total. The number of hydrogen-bond acceptors (Lipinski definition) is 3. The van der Waals surface area contributed by atoms with Crippen LogP contribution in [0.2, 0.25) is 0 Å². The second-order valence-corrected chi connectivity index (χ2v) is 4.00. The van der Waals surface area contributed by atoms with Crippen molar-refractivity contribution in [3.63, 3.8) is 0 Å². The topological polar surface area (TPSA) is 45.4 Å². The summed E-state index contributed by atoms with van der Waals surface area (Å²) >= 11 is 0. The standard InChI is InChI=1S/C9H13N.C6H4O2/c1-2-10-8-9-6-4-3-5-7-9;7-5-3-4-1-2-6(5)8-4/h3-7,10H,2,8H2,1H3;1-3,7H. The van der Waals surface area contributed by atoms with E-state index in [-0.39, 0.29) is 5.75 Å². The first-order valence-electron chi connectivity index (χ1n) is 6.05. The van der Waals surface area contributed by atoms with E-state index in [1.54, 1.807) is 12.1 Å². The van der Waals surface area contributed by atoms with Crippen molar-refractivity contribution in [2.45, 2.75) is 13.5 Å². The molecule has 0 saturated heterocycles. The Morgan fingerprint density at radius 3 is 2.33 bits per heavy atom. The number of phenols is 1. The summed E-state index contributed by atoms with van der Waals surface area (Å²) in [5.41, 5.74) is 2.65. The summed E-state index contributed by atoms with van der Waals surface area (Å²) in [6.07, 6.45) is 0. The predicted octanol–water partition coefficient (Wildman–Crippen LogP) is 3.37. The minimum Gasteiger partial charge on any atom is -0.504 e. The van der Waals surface area contributed by atoms with Gasteiger partial charge in [0.05, 0.1) is 0 Å². The molecule has 0 radical (unpaired) electrons. The van der Waals surface area contributed by atoms with Gasteiger partial charge in [0.25, 0.3) is 0 Å². The molecule has 3 rings (SSSR count). The number of phenolic OH excluding ortho intramolecular Hbond substituents is 1. The minimum atomic E-state index is 0.238. The quantitative estimate of drug-likeness (QED) is 0.741. The van der Waals surface area contributed by atoms with Crippen molar-refractivity contribution in [1.29, 1.82) is 0 Å². The third kappa shape index (κ3) is 3.25. The molecule has 0 aliphatic heterocycles. The average Bonchev–Trinajstić information content (AvgIpc) is 3.00. The highest BCUT2D eigenvalue weighted by Gasteiger charge is 2.02. The van der Waals surface area contributed by atoms with Gasteiger partial charge in [-0.15, -0.1) is 0 Å². The maximum absolute atomic E-state index is 8.85. The smallest absolute Gasteiger partial charge is 0.169 e. The SMILES string of the molecule is CCNCc1ccccc1.Oc1cc2ccc1o2. The highest BCUT2D eigenvalue weighted by molar-refractivity contribution is 5.68. The van der Waals surface area contributed by atoms with Crippen molar-refractivity contribution >= 4 is 11.2 Å². The Labute approximate surface area is 106 Å². The average molecular weight is 243 g/mol. The monoisotopic (exact) mass is 243 g/mol. The van der Waals surface area contributed by atoms with Gasteiger partial charge >= 0.3 is 0 Å². The Bertz CT molecular complexity index is 559. The van der Waals surface area contributed by atoms with Crippen LogP contribution in [0.25, 0.3) is 11.2 Å². The van der Waals surface area contributed by atoms with Gasteiger partial charge in [0.15, 0.2) is 11.3 Å². The van der Waals surface area contributed by atoms with E-state index in [2.05, 4.69) is 36.5 Å². The molecular formula is C15H17NO2. The van der Waals surface area contributed by atoms with Crippen LogP contribution in [0, 0.1) is 0 Å². The van der Waals surface area contributed by atoms with E-state index in [9.17, 15) is 0 Å². The van der Waals surface area contributed by atoms with E-state index < -0.39 is 0 Å². The number of aromatic hydroxyl groups is 1. The summed E-state index contributed by atoms with van der Waals surface area (Å²) in [6, 6.07) is 15.6. The fraction of sp³-hybridized carbons (Fsp3) is 0.200. The molecular weight excluding hydrogens is 226 g/mol. The fourth-order valence-corrected chi connectivity index (χ4v) is 1.64. The lowest BCUT2D eigenvalue weighted by Crippen LogP contribution is -2.11. The van der Waals surface area contributed by atoms with E-state index in [1.165, 1.54) is 5.56 Å². The Morgan fingerprint density at radius 2 is 1.89 bits per heavy atom. The van der Waals surface area contributed by atoms with Crippen LogP contribution >= 0.6 is 0 Å². The first-order chi connectivity index (χ1) is 8.79. The molecule has 0 unspecified atom stereocenters. The molecule has 0 aliphatic rings. The van der Waals surface area contributed by atoms with E-state index in [0.717, 1.165) is 18.7 Å². The molecule has 18 heavy (non-hydrogen) atoms. The van der Waals surface area contributed by atoms with Crippen LogP contribution in [0.5, 0.6) is 5.75 Å². The number of hydrogen-bond donors (Lipinski definition) is 2. The highest BCUT2D eigenvalue weighted by atomic mass is 16.4. The number of fused-ring (bicyclic) bond motifs is 2. The Morgan fingerprint density at radius 1 is 1.11 bits per heavy atom. The molecule has 2 bridgehead atoms. The maximum Gasteiger partial charge on any atom is 0.169 e. The van der Waals surface area contributed by atoms with Crippen molar-refractivity contribution in [2.24, 2.45) is 0 Å². The first kappa shape index (κ1) is 12.5. The van der Waals surface area contributed by atoms with Crippen LogP contribution < -0.4 is 5.32 Å². The Kier molecular flexibility index (Phi) is 4.20. The molecule has 2 N–H and O–H groups in total. The first-order valence-corrected chi connectivity index (χ1v) is 6.05. The fourth-order valence-electron chi connectivity index (χ4n) is 1.64. The van der Waals surface area contributed by atoms with Gasteiger partial charge < -0.3 is 14.8 Å². The normalized spacial score (nSPS) is 10.3. The van der Waals surface area contributed by atoms with Gasteiger partial charge in [-0.05, 0) is 24.2 Å². The van der Waals surface area contributed by atoms with Gasteiger partial charge in [-0.3, -0.25) is 0 Å². The summed E-state index contributed by atoms with van der Waals surface area (Å²) in [6.45, 7) is 4.13. The third-order valence-corrected chi connectivity index (χ3v) is 2.58. The van der Waals surface area contributed by atoms with Gasteiger partial charge in [-0.2, -0.15) is 0 Å². The molecule has 0 atom stereocenters. The van der Waals surface area contributed by atoms with Crippen LogP contribution in [0.4, 0.5) is 0 Å². The van der Waals surface area contributed by atoms with E-state index in [1.807, 2.05) is 12.1 Å². The van der Waals surface area contributed by atoms with Crippen molar-refractivity contribution in [2.75, 3.05) is 6.54 Å². The van der Waals surface area contributed by atoms with Gasteiger partial charge in [0.2, 0.25) is 0 Å². The molecule has 0 aliphatic carbocycles. The zero-order chi connectivity index (χ0) is 12.8. The van der Waals surface area contributed by atoms with Crippen LogP contribution in [0.3, 0.4) is 0 Å². The van der Waals surface area contributed by atoms with Gasteiger partial charge in [-0.25, -0.2) is 0 Å². The van der Waals surface area contributed by atoms with Crippen molar-refractivity contribution in [3.8, 4) is 5.75 Å². The molecule has 2 heterocycles. The molecule has 0 amide bonds. The second kappa shape index (κ2) is 6.07. The number of benzene rings is 2. The molecule has 2 aromatic heterocycles. The summed E-state index contributed by atoms with van der Waals surface area (Å²) in [4.78, 5) is 0. The van der Waals surface area contributed by atoms with Gasteiger partial charge in [0, 0.05) is 12.6 Å². The minimum absolute atomic E-state index is 0.238. The maximum atomic E-state index is 8.85. The molecule has 1 aromatic carbocycles.